The Balaban J connectivity index is 2.63. The van der Waals surface area contributed by atoms with Gasteiger partial charge in [0.2, 0.25) is 0 Å². The molecular formula is C26H32O4. The maximum absolute atomic E-state index is 11.9. The minimum Gasteiger partial charge on any atom is -0.496 e. The molecule has 1 N–H and O–H groups in total. The zero-order valence-electron chi connectivity index (χ0n) is 18.8. The minimum atomic E-state index is -0.932. The molecule has 0 bridgehead atoms. The number of hydrogen-bond acceptors (Lipinski definition) is 3. The van der Waals surface area contributed by atoms with Crippen LogP contribution in [0.25, 0.3) is 6.08 Å². The van der Waals surface area contributed by atoms with Crippen molar-refractivity contribution in [3.05, 3.63) is 76.4 Å². The van der Waals surface area contributed by atoms with Crippen molar-refractivity contribution in [2.45, 2.75) is 47.6 Å². The number of carbonyl (C=O) groups is 1. The molecule has 0 aliphatic carbocycles. The number of methoxy groups -OCH3 is 1. The van der Waals surface area contributed by atoms with E-state index < -0.39 is 11.4 Å². The first-order chi connectivity index (χ1) is 14.1. The predicted molar refractivity (Wildman–Crippen MR) is 122 cm³/mol. The van der Waals surface area contributed by atoms with E-state index >= 15 is 0 Å². The SMILES string of the molecule is COc1ccc(C=C(C(=O)O)C(C)(C)C)c(OCc2ccccc2)c1CC=C(C)C. The molecule has 0 spiro atoms. The van der Waals surface area contributed by atoms with Crippen molar-refractivity contribution in [2.24, 2.45) is 5.41 Å². The summed E-state index contributed by atoms with van der Waals surface area (Å²) in [7, 11) is 1.63. The maximum atomic E-state index is 11.9. The highest BCUT2D eigenvalue weighted by atomic mass is 16.5. The average molecular weight is 409 g/mol. The predicted octanol–water partition coefficient (Wildman–Crippen LogP) is 6.30. The molecule has 4 nitrogen and oxygen atoms in total. The van der Waals surface area contributed by atoms with Crippen LogP contribution in [-0.2, 0) is 17.8 Å². The van der Waals surface area contributed by atoms with Crippen molar-refractivity contribution in [1.82, 2.24) is 0 Å². The highest BCUT2D eigenvalue weighted by Crippen LogP contribution is 2.37. The summed E-state index contributed by atoms with van der Waals surface area (Å²) in [6.07, 6.45) is 4.46. The van der Waals surface area contributed by atoms with Gasteiger partial charge in [-0.15, -0.1) is 0 Å². The standard InChI is InChI=1S/C26H32O4/c1-18(2)12-14-21-23(29-6)15-13-20(16-22(25(27)28)26(3,4)5)24(21)30-17-19-10-8-7-9-11-19/h7-13,15-16H,14,17H2,1-6H3,(H,27,28). The number of allylic oxidation sites excluding steroid dienone is 2. The fourth-order valence-electron chi connectivity index (χ4n) is 3.09. The van der Waals surface area contributed by atoms with E-state index in [9.17, 15) is 9.90 Å². The van der Waals surface area contributed by atoms with Crippen LogP contribution in [0.1, 0.15) is 51.3 Å². The number of carboxylic acids is 1. The lowest BCUT2D eigenvalue weighted by Gasteiger charge is -2.21. The molecule has 0 amide bonds. The monoisotopic (exact) mass is 408 g/mol. The molecule has 0 unspecified atom stereocenters. The molecule has 0 heterocycles. The van der Waals surface area contributed by atoms with Gasteiger partial charge in [0, 0.05) is 16.7 Å². The second-order valence-electron chi connectivity index (χ2n) is 8.54. The van der Waals surface area contributed by atoms with Gasteiger partial charge in [-0.25, -0.2) is 4.79 Å². The molecule has 0 aromatic heterocycles. The Labute approximate surface area is 179 Å². The molecule has 0 aliphatic rings. The molecule has 0 fully saturated rings. The van der Waals surface area contributed by atoms with Crippen LogP contribution in [0.4, 0.5) is 0 Å². The third-order valence-electron chi connectivity index (χ3n) is 4.75. The van der Waals surface area contributed by atoms with Gasteiger partial charge in [-0.1, -0.05) is 62.8 Å². The van der Waals surface area contributed by atoms with E-state index in [2.05, 4.69) is 6.08 Å². The van der Waals surface area contributed by atoms with E-state index in [0.29, 0.717) is 24.4 Å². The zero-order valence-corrected chi connectivity index (χ0v) is 18.8. The summed E-state index contributed by atoms with van der Waals surface area (Å²) in [6.45, 7) is 10.2. The third-order valence-corrected chi connectivity index (χ3v) is 4.75. The van der Waals surface area contributed by atoms with Crippen LogP contribution in [0.15, 0.2) is 59.7 Å². The summed E-state index contributed by atoms with van der Waals surface area (Å²) >= 11 is 0. The van der Waals surface area contributed by atoms with Crippen LogP contribution in [0.5, 0.6) is 11.5 Å². The topological polar surface area (TPSA) is 55.8 Å². The molecule has 4 heteroatoms. The Kier molecular flexibility index (Phi) is 7.87. The molecule has 0 radical (unpaired) electrons. The summed E-state index contributed by atoms with van der Waals surface area (Å²) in [5.41, 5.74) is 3.68. The number of aliphatic carboxylic acids is 1. The second-order valence-corrected chi connectivity index (χ2v) is 8.54. The molecule has 2 rings (SSSR count). The normalized spacial score (nSPS) is 11.7. The third kappa shape index (κ3) is 6.24. The number of rotatable bonds is 8. The van der Waals surface area contributed by atoms with Gasteiger partial charge in [0.15, 0.2) is 0 Å². The van der Waals surface area contributed by atoms with Crippen molar-refractivity contribution >= 4 is 12.0 Å². The molecule has 0 atom stereocenters. The van der Waals surface area contributed by atoms with Gasteiger partial charge >= 0.3 is 5.97 Å². The second kappa shape index (κ2) is 10.1. The van der Waals surface area contributed by atoms with Gasteiger partial charge in [0.05, 0.1) is 7.11 Å². The van der Waals surface area contributed by atoms with E-state index in [1.165, 1.54) is 5.57 Å². The van der Waals surface area contributed by atoms with Crippen LogP contribution in [0.2, 0.25) is 0 Å². The Morgan fingerprint density at radius 1 is 1.07 bits per heavy atom. The minimum absolute atomic E-state index is 0.324. The van der Waals surface area contributed by atoms with Gasteiger partial charge in [-0.3, -0.25) is 0 Å². The lowest BCUT2D eigenvalue weighted by atomic mass is 9.85. The average Bonchev–Trinajstić information content (AvgIpc) is 2.68. The van der Waals surface area contributed by atoms with Crippen LogP contribution in [0, 0.1) is 5.41 Å². The molecular weight excluding hydrogens is 376 g/mol. The number of carboxylic acid groups (broad SMARTS) is 1. The summed E-state index contributed by atoms with van der Waals surface area (Å²) < 4.78 is 11.9. The van der Waals surface area contributed by atoms with Gasteiger partial charge in [0.25, 0.3) is 0 Å². The highest BCUT2D eigenvalue weighted by Gasteiger charge is 2.25. The van der Waals surface area contributed by atoms with Crippen molar-refractivity contribution in [1.29, 1.82) is 0 Å². The van der Waals surface area contributed by atoms with E-state index in [1.807, 2.05) is 77.1 Å². The summed E-state index contributed by atoms with van der Waals surface area (Å²) in [5.74, 6) is 0.442. The Morgan fingerprint density at radius 2 is 1.73 bits per heavy atom. The number of hydrogen-bond donors (Lipinski definition) is 1. The summed E-state index contributed by atoms with van der Waals surface area (Å²) in [4.78, 5) is 11.9. The Morgan fingerprint density at radius 3 is 2.27 bits per heavy atom. The lowest BCUT2D eigenvalue weighted by Crippen LogP contribution is -2.17. The van der Waals surface area contributed by atoms with Crippen LogP contribution < -0.4 is 9.47 Å². The first-order valence-electron chi connectivity index (χ1n) is 10.1. The number of benzene rings is 2. The van der Waals surface area contributed by atoms with E-state index in [1.54, 1.807) is 13.2 Å². The van der Waals surface area contributed by atoms with Gasteiger partial charge < -0.3 is 14.6 Å². The van der Waals surface area contributed by atoms with Crippen molar-refractivity contribution in [3.8, 4) is 11.5 Å². The van der Waals surface area contributed by atoms with Crippen molar-refractivity contribution < 1.29 is 19.4 Å². The largest absolute Gasteiger partial charge is 0.496 e. The fraction of sp³-hybridized carbons (Fsp3) is 0.346. The molecule has 0 aliphatic heterocycles. The summed E-state index contributed by atoms with van der Waals surface area (Å²) in [5, 5.41) is 9.77. The molecule has 2 aromatic rings. The molecule has 2 aromatic carbocycles. The lowest BCUT2D eigenvalue weighted by molar-refractivity contribution is -0.133. The van der Waals surface area contributed by atoms with Gasteiger partial charge in [-0.2, -0.15) is 0 Å². The maximum Gasteiger partial charge on any atom is 0.332 e. The Bertz CT molecular complexity index is 927. The van der Waals surface area contributed by atoms with Crippen LogP contribution in [0.3, 0.4) is 0 Å². The van der Waals surface area contributed by atoms with E-state index in [0.717, 1.165) is 22.4 Å². The van der Waals surface area contributed by atoms with E-state index in [-0.39, 0.29) is 0 Å². The van der Waals surface area contributed by atoms with Crippen LogP contribution in [-0.4, -0.2) is 18.2 Å². The molecule has 0 saturated heterocycles. The molecule has 0 saturated carbocycles. The first-order valence-corrected chi connectivity index (χ1v) is 10.1. The van der Waals surface area contributed by atoms with Crippen molar-refractivity contribution in [2.75, 3.05) is 7.11 Å². The summed E-state index contributed by atoms with van der Waals surface area (Å²) in [6, 6.07) is 13.6. The number of ether oxygens (including phenoxy) is 2. The smallest absolute Gasteiger partial charge is 0.332 e. The fourth-order valence-corrected chi connectivity index (χ4v) is 3.09. The van der Waals surface area contributed by atoms with Gasteiger partial charge in [-0.05, 0) is 49.5 Å². The van der Waals surface area contributed by atoms with Crippen molar-refractivity contribution in [3.63, 3.8) is 0 Å². The highest BCUT2D eigenvalue weighted by molar-refractivity contribution is 5.94. The zero-order chi connectivity index (χ0) is 22.3. The van der Waals surface area contributed by atoms with Crippen LogP contribution >= 0.6 is 0 Å². The van der Waals surface area contributed by atoms with E-state index in [4.69, 9.17) is 9.47 Å². The first kappa shape index (κ1) is 23.3. The quantitative estimate of drug-likeness (QED) is 0.411. The Hall–Kier alpha value is -3.01. The van der Waals surface area contributed by atoms with Gasteiger partial charge in [0.1, 0.15) is 18.1 Å². The molecule has 30 heavy (non-hydrogen) atoms. The molecule has 160 valence electrons.